The summed E-state index contributed by atoms with van der Waals surface area (Å²) in [6.45, 7) is 2.25. The zero-order valence-corrected chi connectivity index (χ0v) is 16.6. The molecule has 4 nitrogen and oxygen atoms in total. The molecule has 3 rings (SSSR count). The van der Waals surface area contributed by atoms with Gasteiger partial charge in [0, 0.05) is 42.9 Å². The fourth-order valence-electron chi connectivity index (χ4n) is 2.99. The number of halogens is 4. The molecule has 148 valence electrons. The Morgan fingerprint density at radius 2 is 1.93 bits per heavy atom. The summed E-state index contributed by atoms with van der Waals surface area (Å²) >= 11 is 3.40. The zero-order valence-electron chi connectivity index (χ0n) is 15.0. The number of benzene rings is 1. The number of aromatic nitrogens is 1. The van der Waals surface area contributed by atoms with E-state index < -0.39 is 11.7 Å². The van der Waals surface area contributed by atoms with Crippen molar-refractivity contribution >= 4 is 33.7 Å². The minimum Gasteiger partial charge on any atom is -0.355 e. The van der Waals surface area contributed by atoms with Crippen molar-refractivity contribution in [2.24, 2.45) is 0 Å². The fourth-order valence-corrected chi connectivity index (χ4v) is 3.41. The number of nitrogens with zero attached hydrogens (tertiary/aromatic N) is 3. The minimum absolute atomic E-state index is 0.0813. The molecule has 1 aromatic heterocycles. The number of amides is 1. The lowest BCUT2D eigenvalue weighted by molar-refractivity contribution is -0.137. The second-order valence-corrected chi connectivity index (χ2v) is 7.37. The van der Waals surface area contributed by atoms with Crippen molar-refractivity contribution < 1.29 is 18.0 Å². The van der Waals surface area contributed by atoms with E-state index in [1.165, 1.54) is 6.07 Å². The molecule has 0 saturated carbocycles. The zero-order chi connectivity index (χ0) is 20.1. The highest BCUT2D eigenvalue weighted by atomic mass is 79.9. The number of anilines is 1. The van der Waals surface area contributed by atoms with Crippen LogP contribution in [0.4, 0.5) is 19.0 Å². The van der Waals surface area contributed by atoms with E-state index in [-0.39, 0.29) is 5.91 Å². The first kappa shape index (κ1) is 20.4. The lowest BCUT2D eigenvalue weighted by Gasteiger charge is -2.22. The average Bonchev–Trinajstić information content (AvgIpc) is 2.92. The number of carbonyl (C=O) groups is 1. The van der Waals surface area contributed by atoms with Gasteiger partial charge in [0.15, 0.2) is 0 Å². The van der Waals surface area contributed by atoms with Crippen molar-refractivity contribution in [3.8, 4) is 0 Å². The van der Waals surface area contributed by atoms with Crippen LogP contribution in [0.5, 0.6) is 0 Å². The third-order valence-corrected chi connectivity index (χ3v) is 4.97. The van der Waals surface area contributed by atoms with Gasteiger partial charge in [-0.1, -0.05) is 28.1 Å². The molecule has 1 fully saturated rings. The summed E-state index contributed by atoms with van der Waals surface area (Å²) in [5.41, 5.74) is 0.161. The van der Waals surface area contributed by atoms with E-state index in [2.05, 4.69) is 20.9 Å². The minimum atomic E-state index is -4.39. The Labute approximate surface area is 169 Å². The lowest BCUT2D eigenvalue weighted by atomic mass is 10.2. The van der Waals surface area contributed by atoms with Crippen molar-refractivity contribution in [1.82, 2.24) is 9.88 Å². The SMILES string of the molecule is O=C(/C=C/c1cccc(Br)c1)N1CCCN(c2ccc(C(F)(F)F)cn2)CC1. The van der Waals surface area contributed by atoms with Gasteiger partial charge in [-0.25, -0.2) is 4.98 Å². The Morgan fingerprint density at radius 3 is 2.61 bits per heavy atom. The van der Waals surface area contributed by atoms with Crippen molar-refractivity contribution in [2.45, 2.75) is 12.6 Å². The summed E-state index contributed by atoms with van der Waals surface area (Å²) < 4.78 is 39.0. The molecule has 1 amide bonds. The first-order valence-electron chi connectivity index (χ1n) is 8.84. The maximum Gasteiger partial charge on any atom is 0.417 e. The van der Waals surface area contributed by atoms with Crippen LogP contribution in [-0.4, -0.2) is 42.0 Å². The molecule has 1 aromatic carbocycles. The third-order valence-electron chi connectivity index (χ3n) is 4.47. The standard InChI is InChI=1S/C20H19BrF3N3O/c21-17-4-1-3-15(13-17)5-8-19(28)27-10-2-9-26(11-12-27)18-7-6-16(14-25-18)20(22,23)24/h1,3-8,13-14H,2,9-12H2/b8-5+. The van der Waals surface area contributed by atoms with Crippen molar-refractivity contribution in [3.05, 3.63) is 64.3 Å². The first-order valence-corrected chi connectivity index (χ1v) is 9.63. The number of alkyl halides is 3. The van der Waals surface area contributed by atoms with E-state index in [9.17, 15) is 18.0 Å². The van der Waals surface area contributed by atoms with Gasteiger partial charge in [0.1, 0.15) is 5.82 Å². The van der Waals surface area contributed by atoms with Crippen LogP contribution in [-0.2, 0) is 11.0 Å². The van der Waals surface area contributed by atoms with Gasteiger partial charge in [-0.15, -0.1) is 0 Å². The second-order valence-electron chi connectivity index (χ2n) is 6.46. The van der Waals surface area contributed by atoms with Crippen molar-refractivity contribution in [1.29, 1.82) is 0 Å². The van der Waals surface area contributed by atoms with E-state index in [0.29, 0.717) is 32.0 Å². The summed E-state index contributed by atoms with van der Waals surface area (Å²) in [5.74, 6) is 0.411. The Hall–Kier alpha value is -2.35. The van der Waals surface area contributed by atoms with E-state index in [1.54, 1.807) is 17.1 Å². The van der Waals surface area contributed by atoms with Crippen LogP contribution < -0.4 is 4.90 Å². The van der Waals surface area contributed by atoms with Crippen LogP contribution in [0.2, 0.25) is 0 Å². The van der Waals surface area contributed by atoms with Crippen LogP contribution in [0.15, 0.2) is 53.1 Å². The molecule has 28 heavy (non-hydrogen) atoms. The molecule has 0 bridgehead atoms. The molecule has 2 aromatic rings. The highest BCUT2D eigenvalue weighted by molar-refractivity contribution is 9.10. The number of rotatable bonds is 3. The largest absolute Gasteiger partial charge is 0.417 e. The Morgan fingerprint density at radius 1 is 1.11 bits per heavy atom. The van der Waals surface area contributed by atoms with Crippen LogP contribution >= 0.6 is 15.9 Å². The quantitative estimate of drug-likeness (QED) is 0.636. The third kappa shape index (κ3) is 5.34. The van der Waals surface area contributed by atoms with Gasteiger partial charge < -0.3 is 9.80 Å². The number of hydrogen-bond donors (Lipinski definition) is 0. The Bertz CT molecular complexity index is 853. The van der Waals surface area contributed by atoms with Gasteiger partial charge in [-0.3, -0.25) is 4.79 Å². The molecule has 0 aliphatic carbocycles. The molecule has 1 aliphatic heterocycles. The van der Waals surface area contributed by atoms with Gasteiger partial charge in [-0.05, 0) is 42.3 Å². The van der Waals surface area contributed by atoms with Gasteiger partial charge in [0.05, 0.1) is 5.56 Å². The van der Waals surface area contributed by atoms with E-state index >= 15 is 0 Å². The molecule has 2 heterocycles. The summed E-state index contributed by atoms with van der Waals surface area (Å²) in [7, 11) is 0. The van der Waals surface area contributed by atoms with Gasteiger partial charge in [0.2, 0.25) is 5.91 Å². The molecule has 1 aliphatic rings. The van der Waals surface area contributed by atoms with Crippen LogP contribution in [0.25, 0.3) is 6.08 Å². The Balaban J connectivity index is 1.60. The summed E-state index contributed by atoms with van der Waals surface area (Å²) in [4.78, 5) is 20.1. The molecule has 0 atom stereocenters. The normalized spacial score (nSPS) is 15.7. The van der Waals surface area contributed by atoms with E-state index in [1.807, 2.05) is 29.2 Å². The monoisotopic (exact) mass is 453 g/mol. The average molecular weight is 454 g/mol. The predicted molar refractivity (Wildman–Crippen MR) is 106 cm³/mol. The number of carbonyl (C=O) groups excluding carboxylic acids is 1. The van der Waals surface area contributed by atoms with Crippen LogP contribution in [0, 0.1) is 0 Å². The summed E-state index contributed by atoms with van der Waals surface area (Å²) in [5, 5.41) is 0. The first-order chi connectivity index (χ1) is 13.3. The molecule has 1 saturated heterocycles. The predicted octanol–water partition coefficient (Wildman–Crippen LogP) is 4.62. The molecule has 8 heteroatoms. The molecular formula is C20H19BrF3N3O. The van der Waals surface area contributed by atoms with Crippen molar-refractivity contribution in [2.75, 3.05) is 31.1 Å². The van der Waals surface area contributed by atoms with E-state index in [0.717, 1.165) is 28.7 Å². The maximum atomic E-state index is 12.7. The second kappa shape index (κ2) is 8.77. The van der Waals surface area contributed by atoms with Gasteiger partial charge >= 0.3 is 6.18 Å². The molecular weight excluding hydrogens is 435 g/mol. The van der Waals surface area contributed by atoms with Crippen LogP contribution in [0.3, 0.4) is 0 Å². The van der Waals surface area contributed by atoms with Gasteiger partial charge in [-0.2, -0.15) is 13.2 Å². The Kier molecular flexibility index (Phi) is 6.39. The van der Waals surface area contributed by atoms with Gasteiger partial charge in [0.25, 0.3) is 0 Å². The highest BCUT2D eigenvalue weighted by Gasteiger charge is 2.31. The molecule has 0 unspecified atom stereocenters. The molecule has 0 N–H and O–H groups in total. The summed E-state index contributed by atoms with van der Waals surface area (Å²) in [6.07, 6.45) is 0.498. The van der Waals surface area contributed by atoms with E-state index in [4.69, 9.17) is 0 Å². The summed E-state index contributed by atoms with van der Waals surface area (Å²) in [6, 6.07) is 10.1. The molecule has 0 radical (unpaired) electrons. The topological polar surface area (TPSA) is 36.4 Å². The number of hydrogen-bond acceptors (Lipinski definition) is 3. The van der Waals surface area contributed by atoms with Crippen LogP contribution in [0.1, 0.15) is 17.5 Å². The fraction of sp³-hybridized carbons (Fsp3) is 0.300. The lowest BCUT2D eigenvalue weighted by Crippen LogP contribution is -2.34. The van der Waals surface area contributed by atoms with Crippen molar-refractivity contribution in [3.63, 3.8) is 0 Å². The molecule has 0 spiro atoms. The number of pyridine rings is 1. The highest BCUT2D eigenvalue weighted by Crippen LogP contribution is 2.29. The smallest absolute Gasteiger partial charge is 0.355 e. The maximum absolute atomic E-state index is 12.7.